The normalized spacial score (nSPS) is 11.5. The molecule has 0 aliphatic carbocycles. The standard InChI is InChI=1S/C25H29NO5S/c1-4-30-23-14-10-20(11-15-23)6-5-7-22(27)16-32(28,29)17-24-19(3)31-25(26-24)21-12-8-18(2)9-13-21/h8-15H,4-7,16-17H2,1-3H3. The van der Waals surface area contributed by atoms with Crippen LogP contribution in [-0.2, 0) is 26.8 Å². The molecule has 3 aromatic rings. The molecule has 0 N–H and O–H groups in total. The third-order valence-corrected chi connectivity index (χ3v) is 6.56. The minimum Gasteiger partial charge on any atom is -0.494 e. The first-order valence-electron chi connectivity index (χ1n) is 10.7. The van der Waals surface area contributed by atoms with Gasteiger partial charge in [0.25, 0.3) is 0 Å². The van der Waals surface area contributed by atoms with Crippen LogP contribution in [-0.4, -0.2) is 31.5 Å². The topological polar surface area (TPSA) is 86.5 Å². The SMILES string of the molecule is CCOc1ccc(CCCC(=O)CS(=O)(=O)Cc2nc(-c3ccc(C)cc3)oc2C)cc1. The maximum Gasteiger partial charge on any atom is 0.226 e. The van der Waals surface area contributed by atoms with Crippen LogP contribution in [0.3, 0.4) is 0 Å². The van der Waals surface area contributed by atoms with Crippen LogP contribution in [0, 0.1) is 13.8 Å². The molecule has 170 valence electrons. The number of hydrogen-bond donors (Lipinski definition) is 0. The van der Waals surface area contributed by atoms with Crippen molar-refractivity contribution in [3.63, 3.8) is 0 Å². The van der Waals surface area contributed by atoms with Gasteiger partial charge < -0.3 is 9.15 Å². The Labute approximate surface area is 189 Å². The average molecular weight is 456 g/mol. The van der Waals surface area contributed by atoms with Crippen LogP contribution in [0.2, 0.25) is 0 Å². The van der Waals surface area contributed by atoms with Gasteiger partial charge in [0.2, 0.25) is 5.89 Å². The molecular formula is C25H29NO5S. The number of sulfone groups is 1. The number of Topliss-reactive ketones (excluding diaryl/α,β-unsaturated/α-hetero) is 1. The Kier molecular flexibility index (Phi) is 7.85. The molecular weight excluding hydrogens is 426 g/mol. The Morgan fingerprint density at radius 1 is 1.03 bits per heavy atom. The Morgan fingerprint density at radius 3 is 2.38 bits per heavy atom. The van der Waals surface area contributed by atoms with Gasteiger partial charge >= 0.3 is 0 Å². The smallest absolute Gasteiger partial charge is 0.226 e. The van der Waals surface area contributed by atoms with Crippen LogP contribution in [0.1, 0.15) is 42.3 Å². The number of aromatic nitrogens is 1. The lowest BCUT2D eigenvalue weighted by atomic mass is 10.1. The lowest BCUT2D eigenvalue weighted by molar-refractivity contribution is -0.116. The number of ether oxygens (including phenoxy) is 1. The van der Waals surface area contributed by atoms with Crippen molar-refractivity contribution < 1.29 is 22.4 Å². The van der Waals surface area contributed by atoms with Crippen LogP contribution in [0.15, 0.2) is 52.9 Å². The highest BCUT2D eigenvalue weighted by Crippen LogP contribution is 2.23. The second-order valence-corrected chi connectivity index (χ2v) is 9.95. The molecule has 0 amide bonds. The molecule has 2 aromatic carbocycles. The summed E-state index contributed by atoms with van der Waals surface area (Å²) < 4.78 is 36.2. The van der Waals surface area contributed by atoms with Crippen LogP contribution in [0.4, 0.5) is 0 Å². The molecule has 0 saturated heterocycles. The van der Waals surface area contributed by atoms with Crippen molar-refractivity contribution >= 4 is 15.6 Å². The van der Waals surface area contributed by atoms with E-state index in [0.29, 0.717) is 36.8 Å². The predicted molar refractivity (Wildman–Crippen MR) is 124 cm³/mol. The van der Waals surface area contributed by atoms with E-state index in [9.17, 15) is 13.2 Å². The number of nitrogens with zero attached hydrogens (tertiary/aromatic N) is 1. The first kappa shape index (κ1) is 23.7. The molecule has 1 heterocycles. The molecule has 0 aliphatic rings. The molecule has 1 aromatic heterocycles. The molecule has 0 unspecified atom stereocenters. The second-order valence-electron chi connectivity index (χ2n) is 7.89. The fraction of sp³-hybridized carbons (Fsp3) is 0.360. The number of ketones is 1. The van der Waals surface area contributed by atoms with Crippen molar-refractivity contribution in [2.45, 2.75) is 45.8 Å². The minimum absolute atomic E-state index is 0.221. The lowest BCUT2D eigenvalue weighted by Gasteiger charge is -2.05. The molecule has 0 saturated carbocycles. The van der Waals surface area contributed by atoms with Crippen LogP contribution in [0.5, 0.6) is 5.75 Å². The van der Waals surface area contributed by atoms with Crippen LogP contribution < -0.4 is 4.74 Å². The van der Waals surface area contributed by atoms with E-state index in [0.717, 1.165) is 22.4 Å². The number of rotatable bonds is 11. The van der Waals surface area contributed by atoms with E-state index in [1.54, 1.807) is 6.92 Å². The summed E-state index contributed by atoms with van der Waals surface area (Å²) in [5, 5.41) is 0. The molecule has 0 fully saturated rings. The third-order valence-electron chi connectivity index (χ3n) is 5.08. The van der Waals surface area contributed by atoms with Crippen LogP contribution >= 0.6 is 0 Å². The number of benzene rings is 2. The maximum atomic E-state index is 12.6. The van der Waals surface area contributed by atoms with Crippen molar-refractivity contribution in [2.24, 2.45) is 0 Å². The van der Waals surface area contributed by atoms with Gasteiger partial charge in [-0.1, -0.05) is 29.8 Å². The molecule has 6 nitrogen and oxygen atoms in total. The highest BCUT2D eigenvalue weighted by Gasteiger charge is 2.22. The van der Waals surface area contributed by atoms with Gasteiger partial charge in [0.1, 0.15) is 23.0 Å². The van der Waals surface area contributed by atoms with Crippen molar-refractivity contribution in [3.05, 3.63) is 71.1 Å². The Balaban J connectivity index is 1.52. The van der Waals surface area contributed by atoms with Crippen molar-refractivity contribution in [3.8, 4) is 17.2 Å². The first-order valence-corrected chi connectivity index (χ1v) is 12.5. The molecule has 32 heavy (non-hydrogen) atoms. The van der Waals surface area contributed by atoms with E-state index in [-0.39, 0.29) is 18.0 Å². The second kappa shape index (κ2) is 10.6. The predicted octanol–water partition coefficient (Wildman–Crippen LogP) is 4.86. The zero-order valence-corrected chi connectivity index (χ0v) is 19.6. The van der Waals surface area contributed by atoms with E-state index in [4.69, 9.17) is 9.15 Å². The maximum absolute atomic E-state index is 12.6. The lowest BCUT2D eigenvalue weighted by Crippen LogP contribution is -2.18. The van der Waals surface area contributed by atoms with Gasteiger partial charge in [-0.25, -0.2) is 13.4 Å². The molecule has 0 aliphatic heterocycles. The van der Waals surface area contributed by atoms with Gasteiger partial charge in [0.05, 0.1) is 18.1 Å². The van der Waals surface area contributed by atoms with E-state index < -0.39 is 15.6 Å². The van der Waals surface area contributed by atoms with E-state index >= 15 is 0 Å². The Bertz CT molecular complexity index is 1150. The zero-order valence-electron chi connectivity index (χ0n) is 18.8. The molecule has 7 heteroatoms. The summed E-state index contributed by atoms with van der Waals surface area (Å²) in [6.45, 7) is 6.22. The third kappa shape index (κ3) is 6.79. The Hall–Kier alpha value is -2.93. The molecule has 0 spiro atoms. The van der Waals surface area contributed by atoms with Gasteiger partial charge in [0.15, 0.2) is 9.84 Å². The Morgan fingerprint density at radius 2 is 1.72 bits per heavy atom. The van der Waals surface area contributed by atoms with Crippen LogP contribution in [0.25, 0.3) is 11.5 Å². The summed E-state index contributed by atoms with van der Waals surface area (Å²) in [5.74, 6) is 0.575. The fourth-order valence-electron chi connectivity index (χ4n) is 3.37. The minimum atomic E-state index is -3.63. The summed E-state index contributed by atoms with van der Waals surface area (Å²) in [6, 6.07) is 15.4. The van der Waals surface area contributed by atoms with Crippen molar-refractivity contribution in [1.29, 1.82) is 0 Å². The summed E-state index contributed by atoms with van der Waals surface area (Å²) >= 11 is 0. The average Bonchev–Trinajstić information content (AvgIpc) is 3.09. The summed E-state index contributed by atoms with van der Waals surface area (Å²) in [5.41, 5.74) is 3.34. The van der Waals surface area contributed by atoms with Gasteiger partial charge in [-0.05, 0) is 63.4 Å². The summed E-state index contributed by atoms with van der Waals surface area (Å²) in [7, 11) is -3.63. The van der Waals surface area contributed by atoms with Gasteiger partial charge in [-0.3, -0.25) is 4.79 Å². The number of aryl methyl sites for hydroxylation is 3. The van der Waals surface area contributed by atoms with E-state index in [1.807, 2.05) is 62.4 Å². The van der Waals surface area contributed by atoms with E-state index in [2.05, 4.69) is 4.98 Å². The van der Waals surface area contributed by atoms with Crippen molar-refractivity contribution in [1.82, 2.24) is 4.98 Å². The van der Waals surface area contributed by atoms with Gasteiger partial charge in [-0.15, -0.1) is 0 Å². The monoisotopic (exact) mass is 455 g/mol. The number of oxazole rings is 1. The van der Waals surface area contributed by atoms with E-state index in [1.165, 1.54) is 0 Å². The van der Waals surface area contributed by atoms with Gasteiger partial charge in [-0.2, -0.15) is 0 Å². The summed E-state index contributed by atoms with van der Waals surface area (Å²) in [6.07, 6.45) is 1.53. The highest BCUT2D eigenvalue weighted by molar-refractivity contribution is 7.91. The molecule has 0 atom stereocenters. The first-order chi connectivity index (χ1) is 15.3. The summed E-state index contributed by atoms with van der Waals surface area (Å²) in [4.78, 5) is 16.6. The number of carbonyl (C=O) groups is 1. The number of hydrogen-bond acceptors (Lipinski definition) is 6. The molecule has 0 bridgehead atoms. The van der Waals surface area contributed by atoms with Gasteiger partial charge in [0, 0.05) is 12.0 Å². The van der Waals surface area contributed by atoms with Crippen molar-refractivity contribution in [2.75, 3.05) is 12.4 Å². The highest BCUT2D eigenvalue weighted by atomic mass is 32.2. The molecule has 3 rings (SSSR count). The zero-order chi connectivity index (χ0) is 23.1. The number of carbonyl (C=O) groups excluding carboxylic acids is 1. The quantitative estimate of drug-likeness (QED) is 0.410. The fourth-order valence-corrected chi connectivity index (χ4v) is 4.79. The molecule has 0 radical (unpaired) electrons. The largest absolute Gasteiger partial charge is 0.494 e.